The van der Waals surface area contributed by atoms with Gasteiger partial charge < -0.3 is 14.2 Å². The van der Waals surface area contributed by atoms with Crippen molar-refractivity contribution in [3.05, 3.63) is 82.4 Å². The lowest BCUT2D eigenvalue weighted by Crippen LogP contribution is -2.25. The number of ether oxygens (including phenoxy) is 3. The van der Waals surface area contributed by atoms with Gasteiger partial charge in [-0.1, -0.05) is 6.07 Å². The molecule has 0 spiro atoms. The van der Waals surface area contributed by atoms with Gasteiger partial charge in [0.15, 0.2) is 0 Å². The number of sulfonamides is 1. The van der Waals surface area contributed by atoms with Crippen LogP contribution in [0.25, 0.3) is 6.08 Å². The van der Waals surface area contributed by atoms with Crippen molar-refractivity contribution >= 4 is 16.1 Å². The monoisotopic (exact) mass is 488 g/mol. The second kappa shape index (κ2) is 10.2. The molecule has 1 aliphatic rings. The van der Waals surface area contributed by atoms with Crippen LogP contribution in [0, 0.1) is 0 Å². The van der Waals surface area contributed by atoms with Crippen molar-refractivity contribution in [3.63, 3.8) is 0 Å². The molecular weight excluding hydrogens is 466 g/mol. The molecule has 1 heterocycles. The molecule has 0 unspecified atom stereocenters. The van der Waals surface area contributed by atoms with Crippen molar-refractivity contribution in [1.82, 2.24) is 9.71 Å². The number of rotatable bonds is 9. The molecule has 0 saturated carbocycles. The Morgan fingerprint density at radius 2 is 1.74 bits per heavy atom. The highest BCUT2D eigenvalue weighted by Crippen LogP contribution is 2.30. The summed E-state index contributed by atoms with van der Waals surface area (Å²) in [6.45, 7) is -2.86. The summed E-state index contributed by atoms with van der Waals surface area (Å²) in [7, 11) is -2.17. The van der Waals surface area contributed by atoms with Crippen LogP contribution in [0.15, 0.2) is 65.7 Å². The van der Waals surface area contributed by atoms with Gasteiger partial charge in [0.1, 0.15) is 17.2 Å². The highest BCUT2D eigenvalue weighted by Gasteiger charge is 2.22. The van der Waals surface area contributed by atoms with Crippen LogP contribution < -0.4 is 18.9 Å². The summed E-state index contributed by atoms with van der Waals surface area (Å²) in [5.41, 5.74) is 2.09. The van der Waals surface area contributed by atoms with Crippen LogP contribution in [-0.2, 0) is 23.0 Å². The van der Waals surface area contributed by atoms with Crippen LogP contribution >= 0.6 is 0 Å². The van der Waals surface area contributed by atoms with Gasteiger partial charge in [-0.15, -0.1) is 0 Å². The molecule has 34 heavy (non-hydrogen) atoms. The van der Waals surface area contributed by atoms with E-state index in [1.165, 1.54) is 18.3 Å². The molecule has 0 radical (unpaired) electrons. The number of hydrogen-bond acceptors (Lipinski definition) is 6. The highest BCUT2D eigenvalue weighted by molar-refractivity contribution is 7.93. The minimum absolute atomic E-state index is 0.0508. The molecule has 1 aliphatic carbocycles. The fourth-order valence-electron chi connectivity index (χ4n) is 3.48. The van der Waals surface area contributed by atoms with E-state index in [1.807, 2.05) is 0 Å². The molecule has 10 heteroatoms. The lowest BCUT2D eigenvalue weighted by molar-refractivity contribution is -0.0498. The number of alkyl halides is 2. The first-order valence-electron chi connectivity index (χ1n) is 10.4. The molecule has 0 bridgehead atoms. The quantitative estimate of drug-likeness (QED) is 0.462. The van der Waals surface area contributed by atoms with Gasteiger partial charge >= 0.3 is 6.61 Å². The van der Waals surface area contributed by atoms with Gasteiger partial charge in [0, 0.05) is 18.8 Å². The lowest BCUT2D eigenvalue weighted by Gasteiger charge is -2.18. The summed E-state index contributed by atoms with van der Waals surface area (Å²) in [4.78, 5) is 4.39. The Labute approximate surface area is 196 Å². The molecule has 178 valence electrons. The van der Waals surface area contributed by atoms with Crippen molar-refractivity contribution in [2.75, 3.05) is 7.11 Å². The molecule has 0 fully saturated rings. The standard InChI is InChI=1S/C24H22F2N2O5S/c1-31-19-5-7-20(8-6-19)32-23-12-16(10-11-27-23)15-28-34(29,30)22-9-3-17-13-21(33-24(25)26)4-2-18(17)14-22/h2,4-8,10-14,24,28H,3,9,15H2,1H3. The topological polar surface area (TPSA) is 86.8 Å². The van der Waals surface area contributed by atoms with E-state index >= 15 is 0 Å². The number of hydrogen-bond donors (Lipinski definition) is 1. The maximum atomic E-state index is 12.9. The molecule has 4 rings (SSSR count). The third-order valence-electron chi connectivity index (χ3n) is 5.19. The maximum absolute atomic E-state index is 12.9. The first kappa shape index (κ1) is 23.7. The number of aromatic nitrogens is 1. The normalized spacial score (nSPS) is 13.2. The van der Waals surface area contributed by atoms with Crippen molar-refractivity contribution in [2.45, 2.75) is 26.0 Å². The Morgan fingerprint density at radius 1 is 1.00 bits per heavy atom. The van der Waals surface area contributed by atoms with Crippen molar-refractivity contribution in [2.24, 2.45) is 0 Å². The van der Waals surface area contributed by atoms with Gasteiger partial charge in [-0.2, -0.15) is 8.78 Å². The van der Waals surface area contributed by atoms with Gasteiger partial charge in [0.25, 0.3) is 0 Å². The van der Waals surface area contributed by atoms with E-state index in [9.17, 15) is 17.2 Å². The molecule has 0 aliphatic heterocycles. The second-order valence-corrected chi connectivity index (χ2v) is 9.27. The summed E-state index contributed by atoms with van der Waals surface area (Å²) < 4.78 is 68.4. The van der Waals surface area contributed by atoms with Crippen LogP contribution in [0.1, 0.15) is 23.1 Å². The van der Waals surface area contributed by atoms with E-state index in [2.05, 4.69) is 14.4 Å². The number of benzene rings is 2. The van der Waals surface area contributed by atoms with E-state index < -0.39 is 16.6 Å². The number of pyridine rings is 1. The number of halogens is 2. The summed E-state index contributed by atoms with van der Waals surface area (Å²) in [5.74, 6) is 1.65. The van der Waals surface area contributed by atoms with E-state index in [0.717, 1.165) is 5.56 Å². The first-order chi connectivity index (χ1) is 16.3. The molecular formula is C24H22F2N2O5S. The van der Waals surface area contributed by atoms with E-state index in [0.29, 0.717) is 34.9 Å². The predicted molar refractivity (Wildman–Crippen MR) is 122 cm³/mol. The van der Waals surface area contributed by atoms with E-state index in [-0.39, 0.29) is 23.6 Å². The fraction of sp³-hybridized carbons (Fsp3) is 0.208. The summed E-state index contributed by atoms with van der Waals surface area (Å²) in [5, 5.41) is 0. The number of methoxy groups -OCH3 is 1. The molecule has 0 amide bonds. The largest absolute Gasteiger partial charge is 0.497 e. The van der Waals surface area contributed by atoms with Gasteiger partial charge in [0.05, 0.1) is 12.0 Å². The van der Waals surface area contributed by atoms with Gasteiger partial charge in [-0.05, 0) is 78.1 Å². The zero-order chi connectivity index (χ0) is 24.1. The Bertz CT molecular complexity index is 1290. The van der Waals surface area contributed by atoms with E-state index in [1.54, 1.807) is 55.7 Å². The molecule has 0 saturated heterocycles. The summed E-state index contributed by atoms with van der Waals surface area (Å²) >= 11 is 0. The van der Waals surface area contributed by atoms with Gasteiger partial charge in [-0.25, -0.2) is 18.1 Å². The Morgan fingerprint density at radius 3 is 2.47 bits per heavy atom. The van der Waals surface area contributed by atoms with Gasteiger partial charge in [0.2, 0.25) is 15.9 Å². The first-order valence-corrected chi connectivity index (χ1v) is 11.9. The predicted octanol–water partition coefficient (Wildman–Crippen LogP) is 4.89. The van der Waals surface area contributed by atoms with Crippen molar-refractivity contribution < 1.29 is 31.4 Å². The number of aryl methyl sites for hydroxylation is 1. The van der Waals surface area contributed by atoms with Crippen LogP contribution in [0.4, 0.5) is 8.78 Å². The van der Waals surface area contributed by atoms with Crippen LogP contribution in [0.2, 0.25) is 0 Å². The number of nitrogens with zero attached hydrogens (tertiary/aromatic N) is 1. The molecule has 3 aromatic rings. The smallest absolute Gasteiger partial charge is 0.387 e. The summed E-state index contributed by atoms with van der Waals surface area (Å²) in [6, 6.07) is 14.8. The zero-order valence-electron chi connectivity index (χ0n) is 18.2. The Kier molecular flexibility index (Phi) is 7.09. The van der Waals surface area contributed by atoms with Crippen LogP contribution in [0.5, 0.6) is 23.1 Å². The number of fused-ring (bicyclic) bond motifs is 1. The number of allylic oxidation sites excluding steroid dienone is 1. The minimum Gasteiger partial charge on any atom is -0.497 e. The van der Waals surface area contributed by atoms with Gasteiger partial charge in [-0.3, -0.25) is 0 Å². The van der Waals surface area contributed by atoms with Crippen molar-refractivity contribution in [1.29, 1.82) is 0 Å². The average molecular weight is 489 g/mol. The SMILES string of the molecule is COc1ccc(Oc2cc(CNS(=O)(=O)C3=Cc4ccc(OC(F)F)cc4CC3)ccn2)cc1. The van der Waals surface area contributed by atoms with Crippen molar-refractivity contribution in [3.8, 4) is 23.1 Å². The third kappa shape index (κ3) is 5.89. The summed E-state index contributed by atoms with van der Waals surface area (Å²) in [6.07, 6.45) is 3.75. The minimum atomic E-state index is -3.75. The Hall–Kier alpha value is -3.50. The second-order valence-electron chi connectivity index (χ2n) is 7.45. The molecule has 1 N–H and O–H groups in total. The molecule has 7 nitrogen and oxygen atoms in total. The number of nitrogens with one attached hydrogen (secondary N) is 1. The molecule has 0 atom stereocenters. The average Bonchev–Trinajstić information content (AvgIpc) is 2.83. The highest BCUT2D eigenvalue weighted by atomic mass is 32.2. The zero-order valence-corrected chi connectivity index (χ0v) is 19.0. The maximum Gasteiger partial charge on any atom is 0.387 e. The van der Waals surface area contributed by atoms with E-state index in [4.69, 9.17) is 9.47 Å². The molecule has 2 aromatic carbocycles. The third-order valence-corrected chi connectivity index (χ3v) is 6.73. The van der Waals surface area contributed by atoms with Crippen LogP contribution in [0.3, 0.4) is 0 Å². The van der Waals surface area contributed by atoms with Crippen LogP contribution in [-0.4, -0.2) is 27.1 Å². The lowest BCUT2D eigenvalue weighted by atomic mass is 9.97. The fourth-order valence-corrected chi connectivity index (χ4v) is 4.68. The Balaban J connectivity index is 1.42. The molecule has 1 aromatic heterocycles.